The monoisotopic (exact) mass is 147 g/mol. The Balaban J connectivity index is 2.64. The summed E-state index contributed by atoms with van der Waals surface area (Å²) in [6, 6.07) is 6.03. The molecule has 2 heteroatoms. The van der Waals surface area contributed by atoms with E-state index in [1.807, 2.05) is 25.2 Å². The predicted octanol–water partition coefficient (Wildman–Crippen LogP) is 2.43. The van der Waals surface area contributed by atoms with Crippen molar-refractivity contribution in [3.8, 4) is 11.1 Å². The lowest BCUT2D eigenvalue weighted by Crippen LogP contribution is -1.86. The van der Waals surface area contributed by atoms with E-state index in [1.165, 1.54) is 5.56 Å². The third kappa shape index (κ3) is 0.871. The minimum absolute atomic E-state index is 1.14. The first-order valence-electron chi connectivity index (χ1n) is 3.54. The summed E-state index contributed by atoms with van der Waals surface area (Å²) < 4.78 is 5.02. The van der Waals surface area contributed by atoms with Crippen molar-refractivity contribution < 1.29 is 4.42 Å². The van der Waals surface area contributed by atoms with Crippen LogP contribution in [0.1, 0.15) is 0 Å². The average Bonchev–Trinajstić information content (AvgIpc) is 2.47. The van der Waals surface area contributed by atoms with Crippen LogP contribution in [-0.4, -0.2) is 7.05 Å². The number of nitrogens with one attached hydrogen (secondary N) is 1. The molecule has 2 aliphatic rings. The van der Waals surface area contributed by atoms with E-state index in [0.717, 1.165) is 11.3 Å². The fourth-order valence-electron chi connectivity index (χ4n) is 1.23. The summed E-state index contributed by atoms with van der Waals surface area (Å²) in [4.78, 5) is 0. The van der Waals surface area contributed by atoms with Crippen molar-refractivity contribution in [1.82, 2.24) is 0 Å². The lowest BCUT2D eigenvalue weighted by molar-refractivity contribution is 0.552. The van der Waals surface area contributed by atoms with E-state index in [2.05, 4.69) is 5.32 Å². The van der Waals surface area contributed by atoms with Gasteiger partial charge in [0.2, 0.25) is 0 Å². The SMILES string of the molecule is CNc1ccc2coccc1-2. The summed E-state index contributed by atoms with van der Waals surface area (Å²) in [6.07, 6.45) is 3.43. The Hall–Kier alpha value is -1.44. The molecule has 1 N–H and O–H groups in total. The molecule has 11 heavy (non-hydrogen) atoms. The van der Waals surface area contributed by atoms with Gasteiger partial charge < -0.3 is 9.73 Å². The standard InChI is InChI=1S/C9H9NO/c1-10-9-3-2-7-6-11-5-4-8(7)9/h2-6,10H,1H3. The largest absolute Gasteiger partial charge is 0.472 e. The molecule has 0 atom stereocenters. The summed E-state index contributed by atoms with van der Waals surface area (Å²) in [6.45, 7) is 0. The molecule has 1 heterocycles. The molecular weight excluding hydrogens is 138 g/mol. The Bertz CT molecular complexity index is 326. The number of rotatable bonds is 1. The van der Waals surface area contributed by atoms with E-state index in [4.69, 9.17) is 4.42 Å². The van der Waals surface area contributed by atoms with E-state index in [1.54, 1.807) is 12.5 Å². The molecule has 0 spiro atoms. The maximum Gasteiger partial charge on any atom is 0.0980 e. The van der Waals surface area contributed by atoms with Crippen LogP contribution in [0.3, 0.4) is 0 Å². The molecule has 56 valence electrons. The predicted molar refractivity (Wildman–Crippen MR) is 44.9 cm³/mol. The Morgan fingerprint density at radius 3 is 3.00 bits per heavy atom. The summed E-state index contributed by atoms with van der Waals surface area (Å²) in [5, 5.41) is 3.11. The van der Waals surface area contributed by atoms with Gasteiger partial charge in [0.05, 0.1) is 12.5 Å². The molecule has 2 nitrogen and oxygen atoms in total. The molecule has 0 aromatic rings. The van der Waals surface area contributed by atoms with E-state index in [0.29, 0.717) is 0 Å². The molecule has 1 aliphatic carbocycles. The molecule has 0 radical (unpaired) electrons. The second-order valence-electron chi connectivity index (χ2n) is 2.42. The zero-order valence-corrected chi connectivity index (χ0v) is 6.29. The van der Waals surface area contributed by atoms with Crippen LogP contribution < -0.4 is 5.32 Å². The van der Waals surface area contributed by atoms with Gasteiger partial charge in [-0.2, -0.15) is 0 Å². The second-order valence-corrected chi connectivity index (χ2v) is 2.42. The third-order valence-electron chi connectivity index (χ3n) is 1.81. The molecule has 0 saturated carbocycles. The molecule has 0 fully saturated rings. The smallest absolute Gasteiger partial charge is 0.0980 e. The van der Waals surface area contributed by atoms with Crippen molar-refractivity contribution in [2.75, 3.05) is 12.4 Å². The lowest BCUT2D eigenvalue weighted by Gasteiger charge is -2.00. The third-order valence-corrected chi connectivity index (χ3v) is 1.81. The van der Waals surface area contributed by atoms with Crippen molar-refractivity contribution in [3.63, 3.8) is 0 Å². The van der Waals surface area contributed by atoms with Crippen molar-refractivity contribution in [3.05, 3.63) is 30.7 Å². The van der Waals surface area contributed by atoms with Crippen LogP contribution in [0.2, 0.25) is 0 Å². The maximum absolute atomic E-state index is 5.02. The van der Waals surface area contributed by atoms with Gasteiger partial charge in [-0.05, 0) is 18.2 Å². The Labute approximate surface area is 65.2 Å². The highest BCUT2D eigenvalue weighted by molar-refractivity contribution is 5.80. The van der Waals surface area contributed by atoms with Gasteiger partial charge in [0.25, 0.3) is 0 Å². The van der Waals surface area contributed by atoms with Gasteiger partial charge in [0.1, 0.15) is 0 Å². The van der Waals surface area contributed by atoms with Gasteiger partial charge in [0.15, 0.2) is 0 Å². The van der Waals surface area contributed by atoms with Crippen LogP contribution in [0, 0.1) is 0 Å². The van der Waals surface area contributed by atoms with Gasteiger partial charge >= 0.3 is 0 Å². The number of hydrogen-bond donors (Lipinski definition) is 1. The molecule has 0 saturated heterocycles. The highest BCUT2D eigenvalue weighted by Gasteiger charge is 2.06. The average molecular weight is 147 g/mol. The molecule has 0 bridgehead atoms. The first kappa shape index (κ1) is 6.28. The van der Waals surface area contributed by atoms with E-state index >= 15 is 0 Å². The van der Waals surface area contributed by atoms with Gasteiger partial charge in [-0.1, -0.05) is 0 Å². The van der Waals surface area contributed by atoms with E-state index < -0.39 is 0 Å². The summed E-state index contributed by atoms with van der Waals surface area (Å²) in [7, 11) is 1.92. The van der Waals surface area contributed by atoms with Crippen molar-refractivity contribution >= 4 is 5.69 Å². The van der Waals surface area contributed by atoms with Crippen LogP contribution >= 0.6 is 0 Å². The van der Waals surface area contributed by atoms with Gasteiger partial charge in [-0.15, -0.1) is 0 Å². The first-order chi connectivity index (χ1) is 5.42. The highest BCUT2D eigenvalue weighted by atomic mass is 16.3. The first-order valence-corrected chi connectivity index (χ1v) is 3.54. The fourth-order valence-corrected chi connectivity index (χ4v) is 1.23. The van der Waals surface area contributed by atoms with E-state index in [9.17, 15) is 0 Å². The summed E-state index contributed by atoms with van der Waals surface area (Å²) >= 11 is 0. The molecule has 0 amide bonds. The minimum Gasteiger partial charge on any atom is -0.472 e. The Kier molecular flexibility index (Phi) is 1.32. The zero-order valence-electron chi connectivity index (χ0n) is 6.29. The number of hydrogen-bond acceptors (Lipinski definition) is 2. The van der Waals surface area contributed by atoms with Crippen LogP contribution in [-0.2, 0) is 0 Å². The van der Waals surface area contributed by atoms with Gasteiger partial charge in [-0.25, -0.2) is 0 Å². The summed E-state index contributed by atoms with van der Waals surface area (Å²) in [5.74, 6) is 0. The van der Waals surface area contributed by atoms with Crippen LogP contribution in [0.5, 0.6) is 0 Å². The van der Waals surface area contributed by atoms with Crippen LogP contribution in [0.4, 0.5) is 5.69 Å². The van der Waals surface area contributed by atoms with Crippen LogP contribution in [0.15, 0.2) is 35.1 Å². The topological polar surface area (TPSA) is 25.2 Å². The highest BCUT2D eigenvalue weighted by Crippen LogP contribution is 2.30. The van der Waals surface area contributed by atoms with Crippen molar-refractivity contribution in [1.29, 1.82) is 0 Å². The Morgan fingerprint density at radius 2 is 2.18 bits per heavy atom. The molecular formula is C9H9NO. The number of anilines is 1. The quantitative estimate of drug-likeness (QED) is 0.670. The minimum atomic E-state index is 1.14. The van der Waals surface area contributed by atoms with Crippen LogP contribution in [0.25, 0.3) is 11.1 Å². The van der Waals surface area contributed by atoms with E-state index in [-0.39, 0.29) is 0 Å². The molecule has 0 unspecified atom stereocenters. The fraction of sp³-hybridized carbons (Fsp3) is 0.111. The molecule has 0 aromatic carbocycles. The zero-order chi connectivity index (χ0) is 7.68. The molecule has 0 aromatic heterocycles. The maximum atomic E-state index is 5.02. The summed E-state index contributed by atoms with van der Waals surface area (Å²) in [5.41, 5.74) is 3.49. The Morgan fingerprint density at radius 1 is 1.27 bits per heavy atom. The molecule has 1 aliphatic heterocycles. The second kappa shape index (κ2) is 2.31. The van der Waals surface area contributed by atoms with Gasteiger partial charge in [-0.3, -0.25) is 0 Å². The lowest BCUT2D eigenvalue weighted by atomic mass is 10.2. The molecule has 2 rings (SSSR count). The van der Waals surface area contributed by atoms with Gasteiger partial charge in [0, 0.05) is 23.9 Å². The number of fused-ring (bicyclic) bond motifs is 1. The van der Waals surface area contributed by atoms with Crippen molar-refractivity contribution in [2.24, 2.45) is 0 Å². The normalized spacial score (nSPS) is 10.3. The van der Waals surface area contributed by atoms with Crippen molar-refractivity contribution in [2.45, 2.75) is 0 Å².